The van der Waals surface area contributed by atoms with Gasteiger partial charge in [-0.1, -0.05) is 18.2 Å². The Morgan fingerprint density at radius 2 is 1.68 bits per heavy atom. The number of phenolic OH excluding ortho intramolecular Hbond substituents is 1. The molecule has 0 atom stereocenters. The number of benzene rings is 2. The van der Waals surface area contributed by atoms with Gasteiger partial charge in [0.2, 0.25) is 0 Å². The minimum Gasteiger partial charge on any atom is -0.507 e. The highest BCUT2D eigenvalue weighted by molar-refractivity contribution is 6.06. The molecule has 0 aliphatic carbocycles. The lowest BCUT2D eigenvalue weighted by Gasteiger charge is -2.09. The second kappa shape index (κ2) is 6.73. The molecule has 5 N–H and O–H groups in total. The average molecular weight is 300 g/mol. The Hall–Kier alpha value is -2.86. The second-order valence-corrected chi connectivity index (χ2v) is 4.78. The summed E-state index contributed by atoms with van der Waals surface area (Å²) in [6.07, 6.45) is -0.0758. The Morgan fingerprint density at radius 3 is 2.27 bits per heavy atom. The summed E-state index contributed by atoms with van der Waals surface area (Å²) in [4.78, 5) is 22.8. The molecular formula is C16H16N2O4. The van der Waals surface area contributed by atoms with Gasteiger partial charge in [-0.3, -0.25) is 9.59 Å². The van der Waals surface area contributed by atoms with Gasteiger partial charge in [0.25, 0.3) is 5.91 Å². The number of nitrogens with two attached hydrogens (primary N) is 1. The summed E-state index contributed by atoms with van der Waals surface area (Å²) >= 11 is 0. The van der Waals surface area contributed by atoms with Gasteiger partial charge in [0, 0.05) is 12.2 Å². The Labute approximate surface area is 127 Å². The van der Waals surface area contributed by atoms with Crippen molar-refractivity contribution in [2.45, 2.75) is 13.0 Å². The Balaban J connectivity index is 2.13. The van der Waals surface area contributed by atoms with E-state index < -0.39 is 11.9 Å². The zero-order valence-electron chi connectivity index (χ0n) is 11.7. The van der Waals surface area contributed by atoms with E-state index in [2.05, 4.69) is 5.32 Å². The highest BCUT2D eigenvalue weighted by Gasteiger charge is 2.12. The molecule has 0 fully saturated rings. The van der Waals surface area contributed by atoms with Crippen molar-refractivity contribution in [2.24, 2.45) is 5.73 Å². The number of phenols is 1. The van der Waals surface area contributed by atoms with Gasteiger partial charge >= 0.3 is 5.97 Å². The van der Waals surface area contributed by atoms with Crippen LogP contribution in [0.25, 0.3) is 0 Å². The third-order valence-electron chi connectivity index (χ3n) is 3.11. The van der Waals surface area contributed by atoms with E-state index in [1.807, 2.05) is 0 Å². The van der Waals surface area contributed by atoms with Crippen LogP contribution in [0.3, 0.4) is 0 Å². The number of hydrogen-bond donors (Lipinski definition) is 4. The molecule has 0 radical (unpaired) electrons. The van der Waals surface area contributed by atoms with Gasteiger partial charge in [0.1, 0.15) is 5.75 Å². The lowest BCUT2D eigenvalue weighted by molar-refractivity contribution is -0.136. The third kappa shape index (κ3) is 3.83. The summed E-state index contributed by atoms with van der Waals surface area (Å²) in [7, 11) is 0. The molecule has 6 heteroatoms. The van der Waals surface area contributed by atoms with Gasteiger partial charge in [-0.15, -0.1) is 0 Å². The lowest BCUT2D eigenvalue weighted by Crippen LogP contribution is -2.13. The predicted octanol–water partition coefficient (Wildman–Crippen LogP) is 1.73. The molecule has 0 saturated carbocycles. The van der Waals surface area contributed by atoms with Crippen molar-refractivity contribution >= 4 is 17.6 Å². The number of anilines is 1. The minimum atomic E-state index is -0.916. The van der Waals surface area contributed by atoms with Crippen molar-refractivity contribution in [3.63, 3.8) is 0 Å². The van der Waals surface area contributed by atoms with Crippen molar-refractivity contribution in [1.82, 2.24) is 0 Å². The Morgan fingerprint density at radius 1 is 1.05 bits per heavy atom. The first-order valence-electron chi connectivity index (χ1n) is 6.63. The summed E-state index contributed by atoms with van der Waals surface area (Å²) in [5, 5.41) is 21.1. The largest absolute Gasteiger partial charge is 0.507 e. The summed E-state index contributed by atoms with van der Waals surface area (Å²) < 4.78 is 0. The minimum absolute atomic E-state index is 0.0758. The van der Waals surface area contributed by atoms with Crippen LogP contribution in [0, 0.1) is 0 Å². The summed E-state index contributed by atoms with van der Waals surface area (Å²) in [6.45, 7) is 0.268. The topological polar surface area (TPSA) is 113 Å². The molecule has 0 aromatic heterocycles. The van der Waals surface area contributed by atoms with Crippen LogP contribution in [0.5, 0.6) is 5.75 Å². The Bertz CT molecular complexity index is 696. The van der Waals surface area contributed by atoms with E-state index >= 15 is 0 Å². The molecule has 0 unspecified atom stereocenters. The molecule has 114 valence electrons. The van der Waals surface area contributed by atoms with E-state index in [4.69, 9.17) is 10.8 Å². The number of rotatable bonds is 5. The van der Waals surface area contributed by atoms with E-state index in [-0.39, 0.29) is 24.3 Å². The maximum absolute atomic E-state index is 12.2. The number of carbonyl (C=O) groups is 2. The molecule has 0 aliphatic heterocycles. The molecule has 0 heterocycles. The molecule has 2 aromatic rings. The number of carbonyl (C=O) groups excluding carboxylic acids is 1. The van der Waals surface area contributed by atoms with Crippen LogP contribution < -0.4 is 11.1 Å². The fourth-order valence-electron chi connectivity index (χ4n) is 1.97. The smallest absolute Gasteiger partial charge is 0.307 e. The Kier molecular flexibility index (Phi) is 4.75. The molecule has 1 amide bonds. The standard InChI is InChI=1S/C16H16N2O4/c17-9-11-3-6-14(19)13(7-11)16(22)18-12-4-1-10(2-5-12)8-15(20)21/h1-7,19H,8-9,17H2,(H,18,22)(H,20,21). The lowest BCUT2D eigenvalue weighted by atomic mass is 10.1. The number of carboxylic acids is 1. The summed E-state index contributed by atoms with van der Waals surface area (Å²) in [5.41, 5.74) is 7.54. The fraction of sp³-hybridized carbons (Fsp3) is 0.125. The predicted molar refractivity (Wildman–Crippen MR) is 81.7 cm³/mol. The van der Waals surface area contributed by atoms with E-state index in [1.54, 1.807) is 30.3 Å². The monoisotopic (exact) mass is 300 g/mol. The van der Waals surface area contributed by atoms with Gasteiger partial charge in [0.05, 0.1) is 12.0 Å². The zero-order valence-corrected chi connectivity index (χ0v) is 11.7. The maximum Gasteiger partial charge on any atom is 0.307 e. The molecule has 0 bridgehead atoms. The van der Waals surface area contributed by atoms with Gasteiger partial charge in [0.15, 0.2) is 0 Å². The zero-order chi connectivity index (χ0) is 16.1. The van der Waals surface area contributed by atoms with Gasteiger partial charge in [-0.05, 0) is 35.4 Å². The molecule has 0 spiro atoms. The highest BCUT2D eigenvalue weighted by Crippen LogP contribution is 2.20. The van der Waals surface area contributed by atoms with Crippen LogP contribution in [0.2, 0.25) is 0 Å². The van der Waals surface area contributed by atoms with Crippen molar-refractivity contribution in [3.8, 4) is 5.75 Å². The van der Waals surface area contributed by atoms with Crippen LogP contribution >= 0.6 is 0 Å². The van der Waals surface area contributed by atoms with Gasteiger partial charge < -0.3 is 21.3 Å². The van der Waals surface area contributed by atoms with Gasteiger partial charge in [-0.25, -0.2) is 0 Å². The second-order valence-electron chi connectivity index (χ2n) is 4.78. The molecule has 2 aromatic carbocycles. The first-order valence-corrected chi connectivity index (χ1v) is 6.63. The molecular weight excluding hydrogens is 284 g/mol. The normalized spacial score (nSPS) is 10.2. The van der Waals surface area contributed by atoms with Crippen LogP contribution in [0.4, 0.5) is 5.69 Å². The maximum atomic E-state index is 12.2. The number of hydrogen-bond acceptors (Lipinski definition) is 4. The fourth-order valence-corrected chi connectivity index (χ4v) is 1.97. The van der Waals surface area contributed by atoms with E-state index in [0.717, 1.165) is 5.56 Å². The van der Waals surface area contributed by atoms with E-state index in [1.165, 1.54) is 12.1 Å². The van der Waals surface area contributed by atoms with Crippen LogP contribution in [0.15, 0.2) is 42.5 Å². The van der Waals surface area contributed by atoms with E-state index in [0.29, 0.717) is 11.3 Å². The third-order valence-corrected chi connectivity index (χ3v) is 3.11. The number of amides is 1. The summed E-state index contributed by atoms with van der Waals surface area (Å²) in [6, 6.07) is 11.1. The van der Waals surface area contributed by atoms with Crippen molar-refractivity contribution in [3.05, 3.63) is 59.2 Å². The SMILES string of the molecule is NCc1ccc(O)c(C(=O)Nc2ccc(CC(=O)O)cc2)c1. The highest BCUT2D eigenvalue weighted by atomic mass is 16.4. The quantitative estimate of drug-likeness (QED) is 0.671. The number of aromatic hydroxyl groups is 1. The molecule has 6 nitrogen and oxygen atoms in total. The van der Waals surface area contributed by atoms with Crippen LogP contribution in [0.1, 0.15) is 21.5 Å². The van der Waals surface area contributed by atoms with Crippen molar-refractivity contribution < 1.29 is 19.8 Å². The van der Waals surface area contributed by atoms with Crippen molar-refractivity contribution in [1.29, 1.82) is 0 Å². The summed E-state index contributed by atoms with van der Waals surface area (Å²) in [5.74, 6) is -1.50. The number of nitrogens with one attached hydrogen (secondary N) is 1. The molecule has 0 aliphatic rings. The first kappa shape index (κ1) is 15.5. The molecule has 2 rings (SSSR count). The number of carboxylic acid groups (broad SMARTS) is 1. The molecule has 0 saturated heterocycles. The number of aliphatic carboxylic acids is 1. The molecule has 22 heavy (non-hydrogen) atoms. The van der Waals surface area contributed by atoms with Crippen LogP contribution in [-0.4, -0.2) is 22.1 Å². The van der Waals surface area contributed by atoms with E-state index in [9.17, 15) is 14.7 Å². The first-order chi connectivity index (χ1) is 10.5. The van der Waals surface area contributed by atoms with Crippen LogP contribution in [-0.2, 0) is 17.8 Å². The van der Waals surface area contributed by atoms with Gasteiger partial charge in [-0.2, -0.15) is 0 Å². The average Bonchev–Trinajstić information content (AvgIpc) is 2.49. The van der Waals surface area contributed by atoms with Crippen molar-refractivity contribution in [2.75, 3.05) is 5.32 Å².